The second kappa shape index (κ2) is 5.05. The van der Waals surface area contributed by atoms with Crippen molar-refractivity contribution in [2.24, 2.45) is 0 Å². The van der Waals surface area contributed by atoms with Gasteiger partial charge in [0.1, 0.15) is 0 Å². The fraction of sp³-hybridized carbons (Fsp3) is 0.250. The molecule has 2 aromatic rings. The van der Waals surface area contributed by atoms with Crippen LogP contribution in [0.2, 0.25) is 0 Å². The summed E-state index contributed by atoms with van der Waals surface area (Å²) in [4.78, 5) is 6.81. The largest absolute Gasteiger partial charge is 0.396 e. The second-order valence-electron chi connectivity index (χ2n) is 3.31. The van der Waals surface area contributed by atoms with E-state index in [0.29, 0.717) is 0 Å². The molecule has 0 spiro atoms. The van der Waals surface area contributed by atoms with Gasteiger partial charge in [-0.15, -0.1) is 11.3 Å². The molecule has 1 N–H and O–H groups in total. The number of pyridine rings is 1. The minimum Gasteiger partial charge on any atom is -0.396 e. The molecule has 2 aromatic heterocycles. The zero-order chi connectivity index (χ0) is 10.5. The van der Waals surface area contributed by atoms with E-state index in [1.54, 1.807) is 11.3 Å². The van der Waals surface area contributed by atoms with Crippen molar-refractivity contribution in [2.75, 3.05) is 6.61 Å². The molecule has 0 amide bonds. The number of aliphatic hydroxyl groups excluding tert-OH is 1. The van der Waals surface area contributed by atoms with Gasteiger partial charge in [0.05, 0.1) is 10.6 Å². The standard InChI is InChI=1S/C12H13NOS/c14-9-3-4-10-6-7-12(15-10)11-5-1-2-8-13-11/h1-2,5-8,14H,3-4,9H2. The summed E-state index contributed by atoms with van der Waals surface area (Å²) < 4.78 is 0. The van der Waals surface area contributed by atoms with Crippen LogP contribution in [-0.2, 0) is 6.42 Å². The molecule has 0 atom stereocenters. The summed E-state index contributed by atoms with van der Waals surface area (Å²) in [6.07, 6.45) is 3.60. The van der Waals surface area contributed by atoms with Crippen LogP contribution in [0.5, 0.6) is 0 Å². The van der Waals surface area contributed by atoms with Gasteiger partial charge in [0, 0.05) is 17.7 Å². The molecule has 0 aromatic carbocycles. The van der Waals surface area contributed by atoms with Crippen LogP contribution in [0.25, 0.3) is 10.6 Å². The van der Waals surface area contributed by atoms with Crippen molar-refractivity contribution in [3.05, 3.63) is 41.4 Å². The van der Waals surface area contributed by atoms with Crippen molar-refractivity contribution in [3.8, 4) is 10.6 Å². The quantitative estimate of drug-likeness (QED) is 0.857. The lowest BCUT2D eigenvalue weighted by Crippen LogP contribution is -1.84. The van der Waals surface area contributed by atoms with E-state index in [-0.39, 0.29) is 6.61 Å². The number of rotatable bonds is 4. The van der Waals surface area contributed by atoms with E-state index in [0.717, 1.165) is 18.5 Å². The molecule has 2 nitrogen and oxygen atoms in total. The minimum absolute atomic E-state index is 0.261. The highest BCUT2D eigenvalue weighted by atomic mass is 32.1. The van der Waals surface area contributed by atoms with Crippen LogP contribution < -0.4 is 0 Å². The first-order valence-electron chi connectivity index (χ1n) is 5.01. The number of thiophene rings is 1. The van der Waals surface area contributed by atoms with E-state index in [1.165, 1.54) is 9.75 Å². The summed E-state index contributed by atoms with van der Waals surface area (Å²) >= 11 is 1.75. The van der Waals surface area contributed by atoms with Crippen molar-refractivity contribution in [1.82, 2.24) is 4.98 Å². The maximum Gasteiger partial charge on any atom is 0.0801 e. The van der Waals surface area contributed by atoms with E-state index in [9.17, 15) is 0 Å². The van der Waals surface area contributed by atoms with Gasteiger partial charge in [-0.2, -0.15) is 0 Å². The minimum atomic E-state index is 0.261. The smallest absolute Gasteiger partial charge is 0.0801 e. The molecule has 0 aliphatic heterocycles. The molecule has 0 radical (unpaired) electrons. The predicted molar refractivity (Wildman–Crippen MR) is 63.0 cm³/mol. The third-order valence-electron chi connectivity index (χ3n) is 2.16. The molecule has 78 valence electrons. The normalized spacial score (nSPS) is 10.5. The van der Waals surface area contributed by atoms with Gasteiger partial charge in [0.25, 0.3) is 0 Å². The molecule has 0 fully saturated rings. The van der Waals surface area contributed by atoms with Crippen LogP contribution in [0, 0.1) is 0 Å². The van der Waals surface area contributed by atoms with Crippen LogP contribution in [0.1, 0.15) is 11.3 Å². The van der Waals surface area contributed by atoms with Gasteiger partial charge in [-0.3, -0.25) is 4.98 Å². The van der Waals surface area contributed by atoms with Crippen molar-refractivity contribution >= 4 is 11.3 Å². The van der Waals surface area contributed by atoms with Gasteiger partial charge in [-0.25, -0.2) is 0 Å². The van der Waals surface area contributed by atoms with Gasteiger partial charge in [0.15, 0.2) is 0 Å². The molecule has 0 unspecified atom stereocenters. The molecule has 2 heterocycles. The SMILES string of the molecule is OCCCc1ccc(-c2ccccn2)s1. The topological polar surface area (TPSA) is 33.1 Å². The Balaban J connectivity index is 2.14. The number of nitrogens with zero attached hydrogens (tertiary/aromatic N) is 1. The van der Waals surface area contributed by atoms with E-state index >= 15 is 0 Å². The van der Waals surface area contributed by atoms with Crippen molar-refractivity contribution < 1.29 is 5.11 Å². The van der Waals surface area contributed by atoms with Crippen LogP contribution >= 0.6 is 11.3 Å². The van der Waals surface area contributed by atoms with Gasteiger partial charge >= 0.3 is 0 Å². The maximum absolute atomic E-state index is 8.74. The van der Waals surface area contributed by atoms with Crippen molar-refractivity contribution in [3.63, 3.8) is 0 Å². The molecule has 15 heavy (non-hydrogen) atoms. The highest BCUT2D eigenvalue weighted by Crippen LogP contribution is 2.26. The maximum atomic E-state index is 8.74. The molecule has 2 rings (SSSR count). The lowest BCUT2D eigenvalue weighted by molar-refractivity contribution is 0.289. The fourth-order valence-electron chi connectivity index (χ4n) is 1.41. The molecule has 0 saturated carbocycles. The number of aliphatic hydroxyl groups is 1. The Morgan fingerprint density at radius 2 is 2.13 bits per heavy atom. The first-order chi connectivity index (χ1) is 7.40. The number of aryl methyl sites for hydroxylation is 1. The van der Waals surface area contributed by atoms with Crippen molar-refractivity contribution in [2.45, 2.75) is 12.8 Å². The van der Waals surface area contributed by atoms with Crippen LogP contribution in [0.3, 0.4) is 0 Å². The average molecular weight is 219 g/mol. The Hall–Kier alpha value is -1.19. The van der Waals surface area contributed by atoms with E-state index in [4.69, 9.17) is 5.11 Å². The Morgan fingerprint density at radius 1 is 1.20 bits per heavy atom. The highest BCUT2D eigenvalue weighted by molar-refractivity contribution is 7.15. The Labute approximate surface area is 93.2 Å². The Bertz CT molecular complexity index is 411. The van der Waals surface area contributed by atoms with Crippen LogP contribution in [0.4, 0.5) is 0 Å². The fourth-order valence-corrected chi connectivity index (χ4v) is 2.44. The second-order valence-corrected chi connectivity index (χ2v) is 4.48. The number of hydrogen-bond acceptors (Lipinski definition) is 3. The monoisotopic (exact) mass is 219 g/mol. The Morgan fingerprint density at radius 3 is 2.87 bits per heavy atom. The van der Waals surface area contributed by atoms with Crippen molar-refractivity contribution in [1.29, 1.82) is 0 Å². The lowest BCUT2D eigenvalue weighted by Gasteiger charge is -1.94. The summed E-state index contributed by atoms with van der Waals surface area (Å²) in [5.41, 5.74) is 1.03. The molecule has 0 bridgehead atoms. The van der Waals surface area contributed by atoms with Gasteiger partial charge in [-0.05, 0) is 37.1 Å². The summed E-state index contributed by atoms with van der Waals surface area (Å²) in [6.45, 7) is 0.261. The summed E-state index contributed by atoms with van der Waals surface area (Å²) in [6, 6.07) is 10.1. The highest BCUT2D eigenvalue weighted by Gasteiger charge is 2.02. The molecular formula is C12H13NOS. The van der Waals surface area contributed by atoms with Crippen LogP contribution in [0.15, 0.2) is 36.5 Å². The zero-order valence-electron chi connectivity index (χ0n) is 8.39. The number of aromatic nitrogens is 1. The molecule has 3 heteroatoms. The summed E-state index contributed by atoms with van der Waals surface area (Å²) in [5.74, 6) is 0. The summed E-state index contributed by atoms with van der Waals surface area (Å²) in [5, 5.41) is 8.74. The van der Waals surface area contributed by atoms with E-state index in [2.05, 4.69) is 17.1 Å². The van der Waals surface area contributed by atoms with Gasteiger partial charge in [0.2, 0.25) is 0 Å². The zero-order valence-corrected chi connectivity index (χ0v) is 9.20. The van der Waals surface area contributed by atoms with E-state index < -0.39 is 0 Å². The first-order valence-corrected chi connectivity index (χ1v) is 5.83. The third kappa shape index (κ3) is 2.64. The predicted octanol–water partition coefficient (Wildman–Crippen LogP) is 2.74. The lowest BCUT2D eigenvalue weighted by atomic mass is 10.2. The average Bonchev–Trinajstić information content (AvgIpc) is 2.76. The number of hydrogen-bond donors (Lipinski definition) is 1. The van der Waals surface area contributed by atoms with Gasteiger partial charge < -0.3 is 5.11 Å². The van der Waals surface area contributed by atoms with E-state index in [1.807, 2.05) is 24.4 Å². The molecule has 0 aliphatic rings. The first kappa shape index (κ1) is 10.3. The third-order valence-corrected chi connectivity index (χ3v) is 3.33. The van der Waals surface area contributed by atoms with Crippen LogP contribution in [-0.4, -0.2) is 16.7 Å². The molecule has 0 aliphatic carbocycles. The summed E-state index contributed by atoms with van der Waals surface area (Å²) in [7, 11) is 0. The molecule has 0 saturated heterocycles. The van der Waals surface area contributed by atoms with Gasteiger partial charge in [-0.1, -0.05) is 6.07 Å². The molecular weight excluding hydrogens is 206 g/mol. The Kier molecular flexibility index (Phi) is 3.48.